The number of benzene rings is 2. The van der Waals surface area contributed by atoms with Gasteiger partial charge in [-0.05, 0) is 47.9 Å². The van der Waals surface area contributed by atoms with Crippen molar-refractivity contribution in [1.82, 2.24) is 40.7 Å². The van der Waals surface area contributed by atoms with Gasteiger partial charge in [0, 0.05) is 29.6 Å². The smallest absolute Gasteiger partial charge is 0.407 e. The molecule has 12 nitrogen and oxygen atoms in total. The van der Waals surface area contributed by atoms with Crippen LogP contribution in [0, 0.1) is 10.8 Å². The first-order valence-corrected chi connectivity index (χ1v) is 15.1. The zero-order chi connectivity index (χ0) is 31.8. The van der Waals surface area contributed by atoms with Gasteiger partial charge in [-0.15, -0.1) is 0 Å². The number of aromatic nitrogens is 5. The molecule has 1 aliphatic carbocycles. The molecule has 1 saturated heterocycles. The van der Waals surface area contributed by atoms with E-state index in [-0.39, 0.29) is 29.9 Å². The minimum absolute atomic E-state index is 0.0993. The first kappa shape index (κ1) is 30.2. The summed E-state index contributed by atoms with van der Waals surface area (Å²) in [4.78, 5) is 41.6. The third kappa shape index (κ3) is 6.37. The predicted octanol–water partition coefficient (Wildman–Crippen LogP) is 5.21. The van der Waals surface area contributed by atoms with Crippen molar-refractivity contribution in [3.8, 4) is 22.6 Å². The summed E-state index contributed by atoms with van der Waals surface area (Å²) < 4.78 is 5.67. The van der Waals surface area contributed by atoms with Gasteiger partial charge in [-0.1, -0.05) is 62.7 Å². The lowest BCUT2D eigenvalue weighted by Gasteiger charge is -2.35. The Morgan fingerprint density at radius 2 is 1.96 bits per heavy atom. The third-order valence-electron chi connectivity index (χ3n) is 7.82. The van der Waals surface area contributed by atoms with E-state index in [0.29, 0.717) is 39.7 Å². The number of carbonyl (C=O) groups is 2. The molecule has 1 aliphatic heterocycles. The van der Waals surface area contributed by atoms with E-state index < -0.39 is 17.7 Å². The van der Waals surface area contributed by atoms with Crippen molar-refractivity contribution >= 4 is 29.6 Å². The second-order valence-electron chi connectivity index (χ2n) is 12.6. The van der Waals surface area contributed by atoms with E-state index in [1.54, 1.807) is 36.8 Å². The number of hydrogen-bond acceptors (Lipinski definition) is 8. The summed E-state index contributed by atoms with van der Waals surface area (Å²) in [6.07, 6.45) is 7.92. The Bertz CT molecular complexity index is 1700. The molecule has 2 atom stereocenters. The topological polar surface area (TPSA) is 162 Å². The standard InChI is InChI=1S/C32H34ClN9O3/c1-31(2,3)17-32(21-7-4-19(5-8-21)25-15-35-12-13-36-25)28(43)42(29(34)40-32)26(16-45-30(44)39-22-9-10-22)20-6-11-24(33)23(14-20)27-37-18-38-41-27/h4-8,11-15,18,22,26H,9-10,16-17H2,1-3H3,(H2,34,40)(H,39,44)(H,37,38,41)/t26-,32-/m1/s1. The van der Waals surface area contributed by atoms with Gasteiger partial charge in [0.05, 0.1) is 23.0 Å². The fraction of sp³-hybridized carbons (Fsp3) is 0.344. The normalized spacial score (nSPS) is 18.9. The molecule has 2 fully saturated rings. The number of halogens is 1. The predicted molar refractivity (Wildman–Crippen MR) is 168 cm³/mol. The Morgan fingerprint density at radius 3 is 2.60 bits per heavy atom. The fourth-order valence-electron chi connectivity index (χ4n) is 5.68. The minimum Gasteiger partial charge on any atom is -0.447 e. The maximum Gasteiger partial charge on any atom is 0.407 e. The van der Waals surface area contributed by atoms with Crippen molar-refractivity contribution in [3.05, 3.63) is 83.5 Å². The average molecular weight is 628 g/mol. The van der Waals surface area contributed by atoms with Crippen LogP contribution in [0.2, 0.25) is 5.02 Å². The summed E-state index contributed by atoms with van der Waals surface area (Å²) in [5.41, 5.74) is 1.86. The Labute approximate surface area is 265 Å². The van der Waals surface area contributed by atoms with Gasteiger partial charge in [0.2, 0.25) is 0 Å². The van der Waals surface area contributed by atoms with Crippen LogP contribution in [0.5, 0.6) is 0 Å². The monoisotopic (exact) mass is 627 g/mol. The summed E-state index contributed by atoms with van der Waals surface area (Å²) >= 11 is 6.53. The highest BCUT2D eigenvalue weighted by Gasteiger charge is 2.54. The molecule has 2 aromatic heterocycles. The lowest BCUT2D eigenvalue weighted by Crippen LogP contribution is -2.47. The number of guanidine groups is 1. The van der Waals surface area contributed by atoms with Crippen LogP contribution in [-0.2, 0) is 15.1 Å². The third-order valence-corrected chi connectivity index (χ3v) is 8.15. The average Bonchev–Trinajstić information content (AvgIpc) is 3.58. The number of nitrogens with zero attached hydrogens (tertiary/aromatic N) is 5. The van der Waals surface area contributed by atoms with Gasteiger partial charge in [0.15, 0.2) is 11.8 Å². The van der Waals surface area contributed by atoms with Crippen molar-refractivity contribution < 1.29 is 14.3 Å². The zero-order valence-corrected chi connectivity index (χ0v) is 25.9. The molecule has 0 spiro atoms. The minimum atomic E-state index is -1.26. The van der Waals surface area contributed by atoms with Gasteiger partial charge >= 0.3 is 6.09 Å². The van der Waals surface area contributed by atoms with E-state index in [1.165, 1.54) is 11.2 Å². The highest BCUT2D eigenvalue weighted by atomic mass is 35.5. The van der Waals surface area contributed by atoms with Gasteiger partial charge in [-0.3, -0.25) is 30.2 Å². The van der Waals surface area contributed by atoms with E-state index in [0.717, 1.165) is 18.4 Å². The molecule has 13 heteroatoms. The molecule has 4 aromatic rings. The van der Waals surface area contributed by atoms with E-state index in [4.69, 9.17) is 21.7 Å². The first-order chi connectivity index (χ1) is 21.5. The second-order valence-corrected chi connectivity index (χ2v) is 13.0. The summed E-state index contributed by atoms with van der Waals surface area (Å²) in [5.74, 6) is 0.0101. The number of H-pyrrole nitrogens is 1. The summed E-state index contributed by atoms with van der Waals surface area (Å²) in [7, 11) is 0. The number of rotatable bonds is 9. The molecule has 4 N–H and O–H groups in total. The quantitative estimate of drug-likeness (QED) is 0.197. The van der Waals surface area contributed by atoms with Crippen LogP contribution >= 0.6 is 11.6 Å². The van der Waals surface area contributed by atoms with E-state index in [9.17, 15) is 9.59 Å². The van der Waals surface area contributed by atoms with Crippen LogP contribution in [-0.4, -0.2) is 60.7 Å². The van der Waals surface area contributed by atoms with Gasteiger partial charge in [0.25, 0.3) is 5.91 Å². The lowest BCUT2D eigenvalue weighted by atomic mass is 9.75. The Hall–Kier alpha value is -4.84. The summed E-state index contributed by atoms with van der Waals surface area (Å²) in [5, 5.41) is 22.4. The van der Waals surface area contributed by atoms with Crippen LogP contribution in [0.1, 0.15) is 57.2 Å². The van der Waals surface area contributed by atoms with Crippen LogP contribution in [0.15, 0.2) is 67.4 Å². The van der Waals surface area contributed by atoms with Crippen molar-refractivity contribution in [2.75, 3.05) is 6.61 Å². The zero-order valence-electron chi connectivity index (χ0n) is 25.2. The van der Waals surface area contributed by atoms with E-state index in [1.807, 2.05) is 24.3 Å². The molecule has 0 radical (unpaired) electrons. The van der Waals surface area contributed by atoms with Crippen LogP contribution in [0.4, 0.5) is 4.79 Å². The Kier molecular flexibility index (Phi) is 8.00. The molecule has 2 amide bonds. The van der Waals surface area contributed by atoms with E-state index in [2.05, 4.69) is 56.6 Å². The molecule has 0 bridgehead atoms. The Morgan fingerprint density at radius 1 is 1.18 bits per heavy atom. The van der Waals surface area contributed by atoms with Crippen molar-refractivity contribution in [1.29, 1.82) is 5.41 Å². The number of aromatic amines is 1. The number of ether oxygens (including phenoxy) is 1. The molecule has 1 saturated carbocycles. The molecular formula is C32H34ClN9O3. The molecule has 3 heterocycles. The number of alkyl carbamates (subject to hydrolysis) is 1. The fourth-order valence-corrected chi connectivity index (χ4v) is 5.89. The molecule has 45 heavy (non-hydrogen) atoms. The largest absolute Gasteiger partial charge is 0.447 e. The molecular weight excluding hydrogens is 594 g/mol. The van der Waals surface area contributed by atoms with Gasteiger partial charge in [-0.25, -0.2) is 9.78 Å². The lowest BCUT2D eigenvalue weighted by molar-refractivity contribution is -0.134. The number of hydrogen-bond donors (Lipinski definition) is 4. The van der Waals surface area contributed by atoms with Gasteiger partial charge in [0.1, 0.15) is 18.5 Å². The maximum atomic E-state index is 14.8. The molecule has 2 aromatic carbocycles. The molecule has 6 rings (SSSR count). The van der Waals surface area contributed by atoms with Crippen LogP contribution < -0.4 is 10.6 Å². The highest BCUT2D eigenvalue weighted by Crippen LogP contribution is 2.43. The van der Waals surface area contributed by atoms with Crippen LogP contribution in [0.3, 0.4) is 0 Å². The van der Waals surface area contributed by atoms with Crippen molar-refractivity contribution in [3.63, 3.8) is 0 Å². The van der Waals surface area contributed by atoms with Gasteiger partial charge < -0.3 is 15.4 Å². The van der Waals surface area contributed by atoms with Gasteiger partial charge in [-0.2, -0.15) is 5.10 Å². The number of carbonyl (C=O) groups excluding carboxylic acids is 2. The highest BCUT2D eigenvalue weighted by molar-refractivity contribution is 6.33. The molecule has 0 unspecified atom stereocenters. The SMILES string of the molecule is CC(C)(C)C[C@]1(c2ccc(-c3cnccn3)cc2)NC(=N)N([C@H](COC(=O)NC2CC2)c2ccc(Cl)c(-c3ncn[nH]3)c2)C1=O. The second kappa shape index (κ2) is 11.9. The number of amides is 2. The van der Waals surface area contributed by atoms with Crippen molar-refractivity contribution in [2.24, 2.45) is 5.41 Å². The molecule has 2 aliphatic rings. The summed E-state index contributed by atoms with van der Waals surface area (Å²) in [6, 6.07) is 12.0. The maximum absolute atomic E-state index is 14.8. The Balaban J connectivity index is 1.39. The van der Waals surface area contributed by atoms with E-state index >= 15 is 0 Å². The molecule has 232 valence electrons. The van der Waals surface area contributed by atoms with Crippen LogP contribution in [0.25, 0.3) is 22.6 Å². The van der Waals surface area contributed by atoms with Crippen molar-refractivity contribution in [2.45, 2.75) is 57.7 Å². The first-order valence-electron chi connectivity index (χ1n) is 14.7. The number of nitrogens with one attached hydrogen (secondary N) is 4. The summed E-state index contributed by atoms with van der Waals surface area (Å²) in [6.45, 7) is 5.96.